The van der Waals surface area contributed by atoms with Crippen molar-refractivity contribution in [1.82, 2.24) is 30.1 Å². The minimum Gasteiger partial charge on any atom is -0.472 e. The number of H-pyrrole nitrogens is 2. The van der Waals surface area contributed by atoms with Crippen molar-refractivity contribution in [2.75, 3.05) is 5.32 Å². The highest BCUT2D eigenvalue weighted by Crippen LogP contribution is 2.33. The first-order chi connectivity index (χ1) is 18.7. The molecule has 5 heterocycles. The Bertz CT molecular complexity index is 1760. The fourth-order valence-electron chi connectivity index (χ4n) is 5.31. The lowest BCUT2D eigenvalue weighted by atomic mass is 9.88. The van der Waals surface area contributed by atoms with E-state index < -0.39 is 0 Å². The molecule has 0 radical (unpaired) electrons. The monoisotopic (exact) mass is 503 g/mol. The standard InChI is InChI=1S/C29H25N7O2/c37-29(17-5-2-1-3-6-17)32-20-11-19(13-30-14-20)24-12-22-25(15-31-24)35-36-27(22)28-33-23-8-4-7-21(26(23)34-28)18-9-10-38-16-18/h4,7-17H,1-3,5-6H2,(H,32,37)(H,33,34)(H,35,36). The number of amides is 1. The molecule has 9 nitrogen and oxygen atoms in total. The Morgan fingerprint density at radius 3 is 2.79 bits per heavy atom. The molecule has 1 amide bonds. The molecular weight excluding hydrogens is 478 g/mol. The normalized spacial score (nSPS) is 14.3. The number of aromatic nitrogens is 6. The summed E-state index contributed by atoms with van der Waals surface area (Å²) in [5.41, 5.74) is 7.44. The van der Waals surface area contributed by atoms with Gasteiger partial charge in [0.2, 0.25) is 5.91 Å². The molecule has 188 valence electrons. The second-order valence-electron chi connectivity index (χ2n) is 9.77. The van der Waals surface area contributed by atoms with Crippen molar-refractivity contribution in [2.45, 2.75) is 32.1 Å². The Labute approximate surface area is 217 Å². The summed E-state index contributed by atoms with van der Waals surface area (Å²) in [6.07, 6.45) is 13.9. The number of nitrogens with zero attached hydrogens (tertiary/aromatic N) is 4. The van der Waals surface area contributed by atoms with Crippen molar-refractivity contribution in [3.05, 3.63) is 67.5 Å². The summed E-state index contributed by atoms with van der Waals surface area (Å²) < 4.78 is 5.28. The van der Waals surface area contributed by atoms with Crippen LogP contribution in [0.1, 0.15) is 32.1 Å². The number of hydrogen-bond acceptors (Lipinski definition) is 6. The topological polar surface area (TPSA) is 125 Å². The van der Waals surface area contributed by atoms with E-state index in [1.54, 1.807) is 31.1 Å². The lowest BCUT2D eigenvalue weighted by Gasteiger charge is -2.20. The summed E-state index contributed by atoms with van der Waals surface area (Å²) in [6, 6.07) is 11.8. The zero-order valence-corrected chi connectivity index (χ0v) is 20.6. The van der Waals surface area contributed by atoms with Crippen LogP contribution >= 0.6 is 0 Å². The maximum Gasteiger partial charge on any atom is 0.227 e. The third-order valence-electron chi connectivity index (χ3n) is 7.29. The molecule has 5 aromatic heterocycles. The minimum absolute atomic E-state index is 0.0730. The molecule has 1 aliphatic rings. The quantitative estimate of drug-likeness (QED) is 0.252. The van der Waals surface area contributed by atoms with Gasteiger partial charge in [0.15, 0.2) is 5.82 Å². The fourth-order valence-corrected chi connectivity index (χ4v) is 5.31. The summed E-state index contributed by atoms with van der Waals surface area (Å²) in [7, 11) is 0. The summed E-state index contributed by atoms with van der Waals surface area (Å²) in [5.74, 6) is 0.808. The molecule has 3 N–H and O–H groups in total. The number of carbonyl (C=O) groups excluding carboxylic acids is 1. The van der Waals surface area contributed by atoms with Gasteiger partial charge in [0, 0.05) is 34.2 Å². The molecule has 9 heteroatoms. The first-order valence-electron chi connectivity index (χ1n) is 12.8. The summed E-state index contributed by atoms with van der Waals surface area (Å²) >= 11 is 0. The van der Waals surface area contributed by atoms with Crippen molar-refractivity contribution < 1.29 is 9.21 Å². The predicted molar refractivity (Wildman–Crippen MR) is 145 cm³/mol. The Hall–Kier alpha value is -4.79. The number of nitrogens with one attached hydrogen (secondary N) is 3. The number of benzene rings is 1. The number of furan rings is 1. The van der Waals surface area contributed by atoms with E-state index in [-0.39, 0.29) is 11.8 Å². The number of pyridine rings is 2. The molecule has 1 aliphatic carbocycles. The first kappa shape index (κ1) is 22.4. The SMILES string of the molecule is O=C(Nc1cncc(-c2cc3c(-c4nc5c(-c6ccoc6)cccc5[nH]4)n[nH]c3cn2)c1)C1CCCCC1. The Balaban J connectivity index is 1.23. The molecule has 0 bridgehead atoms. The van der Waals surface area contributed by atoms with Gasteiger partial charge >= 0.3 is 0 Å². The third-order valence-corrected chi connectivity index (χ3v) is 7.29. The van der Waals surface area contributed by atoms with Crippen molar-refractivity contribution in [2.24, 2.45) is 5.92 Å². The Kier molecular flexibility index (Phi) is 5.46. The molecule has 38 heavy (non-hydrogen) atoms. The van der Waals surface area contributed by atoms with Crippen LogP contribution in [0.5, 0.6) is 0 Å². The van der Waals surface area contributed by atoms with Crippen molar-refractivity contribution in [1.29, 1.82) is 0 Å². The molecule has 0 unspecified atom stereocenters. The van der Waals surface area contributed by atoms with E-state index in [1.807, 2.05) is 36.4 Å². The molecule has 1 saturated carbocycles. The number of para-hydroxylation sites is 1. The maximum absolute atomic E-state index is 12.7. The van der Waals surface area contributed by atoms with Gasteiger partial charge in [-0.05, 0) is 37.1 Å². The zero-order chi connectivity index (χ0) is 25.5. The van der Waals surface area contributed by atoms with Crippen LogP contribution in [-0.4, -0.2) is 36.0 Å². The van der Waals surface area contributed by atoms with Crippen LogP contribution in [0.25, 0.3) is 55.8 Å². The number of fused-ring (bicyclic) bond motifs is 2. The maximum atomic E-state index is 12.7. The predicted octanol–water partition coefficient (Wildman–Crippen LogP) is 6.34. The average Bonchev–Trinajstić information content (AvgIpc) is 3.73. The van der Waals surface area contributed by atoms with Crippen LogP contribution in [-0.2, 0) is 4.79 Å². The molecule has 1 fully saturated rings. The molecule has 6 aromatic rings. The van der Waals surface area contributed by atoms with Crippen LogP contribution in [0.2, 0.25) is 0 Å². The number of rotatable bonds is 5. The second-order valence-corrected chi connectivity index (χ2v) is 9.77. The van der Waals surface area contributed by atoms with Gasteiger partial charge in [-0.3, -0.25) is 19.9 Å². The van der Waals surface area contributed by atoms with Gasteiger partial charge in [-0.1, -0.05) is 31.4 Å². The van der Waals surface area contributed by atoms with E-state index >= 15 is 0 Å². The van der Waals surface area contributed by atoms with E-state index in [0.717, 1.165) is 70.0 Å². The number of aromatic amines is 2. The number of carbonyl (C=O) groups is 1. The number of anilines is 1. The van der Waals surface area contributed by atoms with Crippen molar-refractivity contribution >= 4 is 33.5 Å². The Morgan fingerprint density at radius 2 is 1.92 bits per heavy atom. The minimum atomic E-state index is 0.0730. The van der Waals surface area contributed by atoms with Gasteiger partial charge in [0.05, 0.1) is 52.9 Å². The average molecular weight is 504 g/mol. The molecular formula is C29H25N7O2. The van der Waals surface area contributed by atoms with E-state index in [1.165, 1.54) is 6.42 Å². The number of imidazole rings is 1. The highest BCUT2D eigenvalue weighted by Gasteiger charge is 2.21. The smallest absolute Gasteiger partial charge is 0.227 e. The van der Waals surface area contributed by atoms with E-state index in [4.69, 9.17) is 9.40 Å². The van der Waals surface area contributed by atoms with E-state index in [0.29, 0.717) is 17.2 Å². The third kappa shape index (κ3) is 4.02. The van der Waals surface area contributed by atoms with Crippen LogP contribution in [0, 0.1) is 5.92 Å². The molecule has 0 spiro atoms. The van der Waals surface area contributed by atoms with E-state index in [9.17, 15) is 4.79 Å². The van der Waals surface area contributed by atoms with Crippen molar-refractivity contribution in [3.63, 3.8) is 0 Å². The van der Waals surface area contributed by atoms with Crippen molar-refractivity contribution in [3.8, 4) is 33.9 Å². The molecule has 0 atom stereocenters. The van der Waals surface area contributed by atoms with Crippen LogP contribution in [0.4, 0.5) is 5.69 Å². The van der Waals surface area contributed by atoms with Gasteiger partial charge < -0.3 is 14.7 Å². The molecule has 1 aromatic carbocycles. The summed E-state index contributed by atoms with van der Waals surface area (Å²) in [6.45, 7) is 0. The highest BCUT2D eigenvalue weighted by atomic mass is 16.3. The Morgan fingerprint density at radius 1 is 1.00 bits per heavy atom. The van der Waals surface area contributed by atoms with E-state index in [2.05, 4.69) is 30.5 Å². The lowest BCUT2D eigenvalue weighted by molar-refractivity contribution is -0.120. The first-order valence-corrected chi connectivity index (χ1v) is 12.8. The fraction of sp³-hybridized carbons (Fsp3) is 0.207. The summed E-state index contributed by atoms with van der Waals surface area (Å²) in [5, 5.41) is 11.6. The van der Waals surface area contributed by atoms with Gasteiger partial charge in [-0.15, -0.1) is 0 Å². The van der Waals surface area contributed by atoms with Gasteiger partial charge in [-0.2, -0.15) is 5.10 Å². The molecule has 0 aliphatic heterocycles. The summed E-state index contributed by atoms with van der Waals surface area (Å²) in [4.78, 5) is 30.0. The van der Waals surface area contributed by atoms with Gasteiger partial charge in [0.25, 0.3) is 0 Å². The van der Waals surface area contributed by atoms with Gasteiger partial charge in [0.1, 0.15) is 5.69 Å². The zero-order valence-electron chi connectivity index (χ0n) is 20.6. The lowest BCUT2D eigenvalue weighted by Crippen LogP contribution is -2.24. The van der Waals surface area contributed by atoms with Crippen LogP contribution in [0.15, 0.2) is 71.9 Å². The van der Waals surface area contributed by atoms with Gasteiger partial charge in [-0.25, -0.2) is 4.98 Å². The molecule has 0 saturated heterocycles. The van der Waals surface area contributed by atoms with Crippen LogP contribution < -0.4 is 5.32 Å². The van der Waals surface area contributed by atoms with Crippen LogP contribution in [0.3, 0.4) is 0 Å². The highest BCUT2D eigenvalue weighted by molar-refractivity contribution is 5.98. The largest absolute Gasteiger partial charge is 0.472 e. The number of hydrogen-bond donors (Lipinski definition) is 3. The second kappa shape index (κ2) is 9.26. The molecule has 7 rings (SSSR count).